The van der Waals surface area contributed by atoms with Crippen LogP contribution in [0.4, 0.5) is 5.69 Å². The second-order valence-electron chi connectivity index (χ2n) is 12.0. The standard InChI is InChI=1S/C33H43N3O6/c1-22(2)20-28-30(38)36(29(35(28)23(3)37)25-10-6-5-7-11-25)26-14-12-24(13-15-26)21-27(31(39)40)34-32(41)33(18-19-42-4)16-8-9-17-33/h5-7,10-15,22,27-29H,8-9,16-21H2,1-4H3,(H,34,41)(H,39,40)/t27-,28+,29+/m0/s1. The molecule has 1 saturated carbocycles. The fraction of sp³-hybridized carbons (Fsp3) is 0.515. The number of nitrogens with one attached hydrogen (secondary N) is 1. The van der Waals surface area contributed by atoms with Gasteiger partial charge in [-0.3, -0.25) is 19.3 Å². The van der Waals surface area contributed by atoms with Gasteiger partial charge in [0.15, 0.2) is 0 Å². The van der Waals surface area contributed by atoms with Crippen molar-refractivity contribution in [3.8, 4) is 0 Å². The zero-order chi connectivity index (χ0) is 30.4. The Balaban J connectivity index is 1.58. The molecule has 4 rings (SSSR count). The summed E-state index contributed by atoms with van der Waals surface area (Å²) >= 11 is 0. The second-order valence-corrected chi connectivity index (χ2v) is 12.0. The number of carboxylic acid groups (broad SMARTS) is 1. The Morgan fingerprint density at radius 2 is 1.69 bits per heavy atom. The van der Waals surface area contributed by atoms with Crippen LogP contribution in [0.2, 0.25) is 0 Å². The van der Waals surface area contributed by atoms with Crippen LogP contribution in [0.15, 0.2) is 54.6 Å². The molecule has 3 atom stereocenters. The Morgan fingerprint density at radius 1 is 1.05 bits per heavy atom. The minimum absolute atomic E-state index is 0.104. The quantitative estimate of drug-likeness (QED) is 0.378. The molecule has 1 aliphatic heterocycles. The lowest BCUT2D eigenvalue weighted by atomic mass is 9.81. The van der Waals surface area contributed by atoms with E-state index in [1.807, 2.05) is 44.2 Å². The average molecular weight is 578 g/mol. The van der Waals surface area contributed by atoms with Crippen molar-refractivity contribution < 1.29 is 29.0 Å². The van der Waals surface area contributed by atoms with Crippen LogP contribution in [-0.2, 0) is 30.3 Å². The van der Waals surface area contributed by atoms with Crippen molar-refractivity contribution >= 4 is 29.4 Å². The predicted molar refractivity (Wildman–Crippen MR) is 160 cm³/mol. The van der Waals surface area contributed by atoms with Gasteiger partial charge in [-0.2, -0.15) is 0 Å². The topological polar surface area (TPSA) is 116 Å². The molecule has 226 valence electrons. The van der Waals surface area contributed by atoms with Crippen LogP contribution in [0.5, 0.6) is 0 Å². The Kier molecular flexibility index (Phi) is 10.0. The average Bonchev–Trinajstić information content (AvgIpc) is 3.56. The van der Waals surface area contributed by atoms with Crippen LogP contribution in [0, 0.1) is 11.3 Å². The van der Waals surface area contributed by atoms with Gasteiger partial charge in [0, 0.05) is 32.7 Å². The summed E-state index contributed by atoms with van der Waals surface area (Å²) in [7, 11) is 1.60. The van der Waals surface area contributed by atoms with E-state index < -0.39 is 29.6 Å². The molecule has 1 heterocycles. The third-order valence-electron chi connectivity index (χ3n) is 8.61. The van der Waals surface area contributed by atoms with Crippen molar-refractivity contribution in [1.82, 2.24) is 10.2 Å². The highest BCUT2D eigenvalue weighted by atomic mass is 16.5. The van der Waals surface area contributed by atoms with Crippen molar-refractivity contribution in [2.75, 3.05) is 18.6 Å². The number of nitrogens with zero attached hydrogens (tertiary/aromatic N) is 2. The molecular formula is C33H43N3O6. The van der Waals surface area contributed by atoms with E-state index in [1.165, 1.54) is 6.92 Å². The maximum atomic E-state index is 13.8. The van der Waals surface area contributed by atoms with E-state index in [4.69, 9.17) is 4.74 Å². The van der Waals surface area contributed by atoms with E-state index >= 15 is 0 Å². The van der Waals surface area contributed by atoms with Crippen molar-refractivity contribution in [1.29, 1.82) is 0 Å². The fourth-order valence-electron chi connectivity index (χ4n) is 6.43. The monoisotopic (exact) mass is 577 g/mol. The Bertz CT molecular complexity index is 1260. The molecule has 0 aromatic heterocycles. The van der Waals surface area contributed by atoms with Gasteiger partial charge in [0.25, 0.3) is 5.91 Å². The lowest BCUT2D eigenvalue weighted by Crippen LogP contribution is -2.49. The molecule has 0 bridgehead atoms. The largest absolute Gasteiger partial charge is 0.480 e. The number of hydrogen-bond donors (Lipinski definition) is 2. The smallest absolute Gasteiger partial charge is 0.326 e. The summed E-state index contributed by atoms with van der Waals surface area (Å²) in [5.74, 6) is -1.43. The first-order valence-electron chi connectivity index (χ1n) is 14.9. The molecule has 0 radical (unpaired) electrons. The molecule has 2 aromatic carbocycles. The Morgan fingerprint density at radius 3 is 2.24 bits per heavy atom. The van der Waals surface area contributed by atoms with Crippen LogP contribution in [-0.4, -0.2) is 59.5 Å². The van der Waals surface area contributed by atoms with Gasteiger partial charge in [-0.05, 0) is 54.9 Å². The van der Waals surface area contributed by atoms with E-state index in [1.54, 1.807) is 41.2 Å². The third kappa shape index (κ3) is 6.67. The molecule has 42 heavy (non-hydrogen) atoms. The number of carboxylic acids is 1. The normalized spacial score (nSPS) is 20.6. The minimum atomic E-state index is -1.10. The van der Waals surface area contributed by atoms with Crippen LogP contribution in [0.1, 0.15) is 76.6 Å². The zero-order valence-corrected chi connectivity index (χ0v) is 25.0. The van der Waals surface area contributed by atoms with Gasteiger partial charge in [0.1, 0.15) is 18.2 Å². The first-order valence-corrected chi connectivity index (χ1v) is 14.9. The van der Waals surface area contributed by atoms with E-state index in [9.17, 15) is 24.3 Å². The lowest BCUT2D eigenvalue weighted by Gasteiger charge is -2.31. The van der Waals surface area contributed by atoms with Gasteiger partial charge in [0.05, 0.1) is 5.41 Å². The van der Waals surface area contributed by atoms with E-state index in [-0.39, 0.29) is 30.1 Å². The summed E-state index contributed by atoms with van der Waals surface area (Å²) in [5, 5.41) is 12.8. The van der Waals surface area contributed by atoms with Crippen LogP contribution >= 0.6 is 0 Å². The summed E-state index contributed by atoms with van der Waals surface area (Å²) < 4.78 is 5.22. The molecule has 0 spiro atoms. The van der Waals surface area contributed by atoms with Crippen molar-refractivity contribution in [3.63, 3.8) is 0 Å². The Labute approximate surface area is 248 Å². The number of carbonyl (C=O) groups is 4. The first kappa shape index (κ1) is 31.2. The SMILES string of the molecule is COCCC1(C(=O)N[C@@H](Cc2ccc(N3C(=O)[C@@H](CC(C)C)N(C(C)=O)[C@H]3c3ccccc3)cc2)C(=O)O)CCCC1. The molecule has 1 aliphatic carbocycles. The third-order valence-corrected chi connectivity index (χ3v) is 8.61. The number of methoxy groups -OCH3 is 1. The zero-order valence-electron chi connectivity index (χ0n) is 25.0. The number of ether oxygens (including phenoxy) is 1. The molecule has 2 fully saturated rings. The maximum Gasteiger partial charge on any atom is 0.326 e. The van der Waals surface area contributed by atoms with Gasteiger partial charge in [-0.25, -0.2) is 4.79 Å². The van der Waals surface area contributed by atoms with E-state index in [0.717, 1.165) is 31.2 Å². The maximum absolute atomic E-state index is 13.8. The van der Waals surface area contributed by atoms with E-state index in [2.05, 4.69) is 5.32 Å². The van der Waals surface area contributed by atoms with Gasteiger partial charge >= 0.3 is 5.97 Å². The van der Waals surface area contributed by atoms with Gasteiger partial charge in [0.2, 0.25) is 11.8 Å². The number of rotatable bonds is 12. The summed E-state index contributed by atoms with van der Waals surface area (Å²) in [6.45, 7) is 6.01. The number of carbonyl (C=O) groups excluding carboxylic acids is 3. The van der Waals surface area contributed by atoms with Gasteiger partial charge < -0.3 is 20.1 Å². The first-order chi connectivity index (χ1) is 20.1. The van der Waals surface area contributed by atoms with Crippen molar-refractivity contribution in [2.24, 2.45) is 11.3 Å². The van der Waals surface area contributed by atoms with Crippen LogP contribution in [0.25, 0.3) is 0 Å². The number of hydrogen-bond acceptors (Lipinski definition) is 5. The summed E-state index contributed by atoms with van der Waals surface area (Å²) in [4.78, 5) is 55.6. The van der Waals surface area contributed by atoms with Crippen LogP contribution < -0.4 is 10.2 Å². The molecule has 2 aliphatic rings. The van der Waals surface area contributed by atoms with Crippen molar-refractivity contribution in [3.05, 3.63) is 65.7 Å². The van der Waals surface area contributed by atoms with Gasteiger partial charge in [-0.15, -0.1) is 0 Å². The highest BCUT2D eigenvalue weighted by molar-refractivity contribution is 6.03. The second kappa shape index (κ2) is 13.5. The molecular weight excluding hydrogens is 534 g/mol. The van der Waals surface area contributed by atoms with E-state index in [0.29, 0.717) is 30.7 Å². The summed E-state index contributed by atoms with van der Waals surface area (Å²) in [5.41, 5.74) is 1.58. The number of anilines is 1. The predicted octanol–water partition coefficient (Wildman–Crippen LogP) is 4.70. The highest BCUT2D eigenvalue weighted by Crippen LogP contribution is 2.42. The fourth-order valence-corrected chi connectivity index (χ4v) is 6.43. The highest BCUT2D eigenvalue weighted by Gasteiger charge is 2.48. The lowest BCUT2D eigenvalue weighted by molar-refractivity contribution is -0.144. The minimum Gasteiger partial charge on any atom is -0.480 e. The molecule has 3 amide bonds. The number of amides is 3. The van der Waals surface area contributed by atoms with Crippen LogP contribution in [0.3, 0.4) is 0 Å². The summed E-state index contributed by atoms with van der Waals surface area (Å²) in [6.07, 6.45) is 3.96. The number of benzene rings is 2. The molecule has 9 nitrogen and oxygen atoms in total. The summed E-state index contributed by atoms with van der Waals surface area (Å²) in [6, 6.07) is 15.0. The molecule has 1 saturated heterocycles. The molecule has 2 aromatic rings. The number of aliphatic carboxylic acids is 1. The Hall–Kier alpha value is -3.72. The molecule has 0 unspecified atom stereocenters. The van der Waals surface area contributed by atoms with Crippen molar-refractivity contribution in [2.45, 2.75) is 84.0 Å². The van der Waals surface area contributed by atoms with Gasteiger partial charge in [-0.1, -0.05) is 69.2 Å². The molecule has 9 heteroatoms. The molecule has 2 N–H and O–H groups in total.